The summed E-state index contributed by atoms with van der Waals surface area (Å²) in [6, 6.07) is 7.09. The van der Waals surface area contributed by atoms with E-state index in [1.165, 1.54) is 6.07 Å². The number of amides is 1. The zero-order valence-corrected chi connectivity index (χ0v) is 13.1. The van der Waals surface area contributed by atoms with Gasteiger partial charge in [0.25, 0.3) is 0 Å². The number of piperazine rings is 1. The maximum Gasteiger partial charge on any atom is 0.230 e. The monoisotopic (exact) mass is 332 g/mol. The third-order valence-corrected chi connectivity index (χ3v) is 3.90. The predicted octanol–water partition coefficient (Wildman–Crippen LogP) is 1.95. The molecule has 126 valence electrons. The van der Waals surface area contributed by atoms with Crippen LogP contribution in [0.1, 0.15) is 5.56 Å². The van der Waals surface area contributed by atoms with Gasteiger partial charge in [0.1, 0.15) is 17.5 Å². The molecule has 1 aromatic heterocycles. The van der Waals surface area contributed by atoms with E-state index in [9.17, 15) is 13.6 Å². The lowest BCUT2D eigenvalue weighted by atomic mass is 10.1. The van der Waals surface area contributed by atoms with Gasteiger partial charge in [-0.05, 0) is 24.3 Å². The van der Waals surface area contributed by atoms with Crippen LogP contribution < -0.4 is 15.5 Å². The minimum Gasteiger partial charge on any atom is -0.368 e. The summed E-state index contributed by atoms with van der Waals surface area (Å²) in [7, 11) is 0. The van der Waals surface area contributed by atoms with Gasteiger partial charge in [-0.15, -0.1) is 0 Å². The van der Waals surface area contributed by atoms with Crippen molar-refractivity contribution in [2.24, 2.45) is 0 Å². The third kappa shape index (κ3) is 3.86. The van der Waals surface area contributed by atoms with E-state index >= 15 is 0 Å². The summed E-state index contributed by atoms with van der Waals surface area (Å²) >= 11 is 0. The van der Waals surface area contributed by atoms with Crippen molar-refractivity contribution in [1.82, 2.24) is 10.3 Å². The SMILES string of the molecule is O=C(Cc1c(F)cccc1F)Nc1ccc(N2CCNCC2)cn1. The normalized spacial score (nSPS) is 14.5. The summed E-state index contributed by atoms with van der Waals surface area (Å²) in [5, 5.41) is 5.83. The second-order valence-corrected chi connectivity index (χ2v) is 5.56. The molecule has 5 nitrogen and oxygen atoms in total. The molecule has 7 heteroatoms. The predicted molar refractivity (Wildman–Crippen MR) is 88.0 cm³/mol. The first-order valence-electron chi connectivity index (χ1n) is 7.78. The van der Waals surface area contributed by atoms with Gasteiger partial charge in [-0.3, -0.25) is 4.79 Å². The lowest BCUT2D eigenvalue weighted by molar-refractivity contribution is -0.115. The average Bonchev–Trinajstić information content (AvgIpc) is 2.60. The van der Waals surface area contributed by atoms with Crippen LogP contribution >= 0.6 is 0 Å². The Morgan fingerprint density at radius 1 is 1.17 bits per heavy atom. The molecular formula is C17H18F2N4O. The van der Waals surface area contributed by atoms with Gasteiger partial charge in [0.05, 0.1) is 18.3 Å². The number of halogens is 2. The first-order valence-corrected chi connectivity index (χ1v) is 7.78. The van der Waals surface area contributed by atoms with Crippen LogP contribution in [-0.2, 0) is 11.2 Å². The average molecular weight is 332 g/mol. The second-order valence-electron chi connectivity index (χ2n) is 5.56. The van der Waals surface area contributed by atoms with Gasteiger partial charge in [-0.2, -0.15) is 0 Å². The Morgan fingerprint density at radius 2 is 1.88 bits per heavy atom. The van der Waals surface area contributed by atoms with E-state index in [1.54, 1.807) is 12.3 Å². The minimum absolute atomic E-state index is 0.243. The molecule has 1 aliphatic heterocycles. The molecule has 1 fully saturated rings. The molecule has 2 N–H and O–H groups in total. The molecule has 2 aromatic rings. The van der Waals surface area contributed by atoms with E-state index in [0.717, 1.165) is 44.0 Å². The zero-order valence-electron chi connectivity index (χ0n) is 13.1. The van der Waals surface area contributed by atoms with E-state index in [4.69, 9.17) is 0 Å². The first-order chi connectivity index (χ1) is 11.6. The molecule has 24 heavy (non-hydrogen) atoms. The zero-order chi connectivity index (χ0) is 16.9. The summed E-state index contributed by atoms with van der Waals surface area (Å²) in [6.07, 6.45) is 1.31. The number of nitrogens with one attached hydrogen (secondary N) is 2. The van der Waals surface area contributed by atoms with E-state index in [0.29, 0.717) is 5.82 Å². The van der Waals surface area contributed by atoms with Crippen LogP contribution in [0.4, 0.5) is 20.3 Å². The van der Waals surface area contributed by atoms with Crippen molar-refractivity contribution in [2.75, 3.05) is 36.4 Å². The quantitative estimate of drug-likeness (QED) is 0.899. The molecule has 0 atom stereocenters. The molecular weight excluding hydrogens is 314 g/mol. The molecule has 1 aliphatic rings. The second kappa shape index (κ2) is 7.35. The lowest BCUT2D eigenvalue weighted by Gasteiger charge is -2.29. The highest BCUT2D eigenvalue weighted by molar-refractivity contribution is 5.91. The highest BCUT2D eigenvalue weighted by Gasteiger charge is 2.14. The number of benzene rings is 1. The van der Waals surface area contributed by atoms with Gasteiger partial charge < -0.3 is 15.5 Å². The van der Waals surface area contributed by atoms with Gasteiger partial charge in [0.15, 0.2) is 0 Å². The minimum atomic E-state index is -0.729. The maximum absolute atomic E-state index is 13.6. The number of anilines is 2. The Bertz CT molecular complexity index is 695. The van der Waals surface area contributed by atoms with Crippen molar-refractivity contribution in [2.45, 2.75) is 6.42 Å². The number of carbonyl (C=O) groups excluding carboxylic acids is 1. The number of hydrogen-bond donors (Lipinski definition) is 2. The van der Waals surface area contributed by atoms with Gasteiger partial charge in [0, 0.05) is 31.7 Å². The molecule has 2 heterocycles. The van der Waals surface area contributed by atoms with Crippen LogP contribution in [-0.4, -0.2) is 37.1 Å². The lowest BCUT2D eigenvalue weighted by Crippen LogP contribution is -2.43. The summed E-state index contributed by atoms with van der Waals surface area (Å²) < 4.78 is 27.1. The number of carbonyl (C=O) groups is 1. The standard InChI is InChI=1S/C17H18F2N4O/c18-14-2-1-3-15(19)13(14)10-17(24)22-16-5-4-12(11-21-16)23-8-6-20-7-9-23/h1-5,11,20H,6-10H2,(H,21,22,24). The van der Waals surface area contributed by atoms with Crippen LogP contribution in [0.15, 0.2) is 36.5 Å². The van der Waals surface area contributed by atoms with Gasteiger partial charge in [-0.1, -0.05) is 6.07 Å². The molecule has 0 unspecified atom stereocenters. The topological polar surface area (TPSA) is 57.3 Å². The number of nitrogens with zero attached hydrogens (tertiary/aromatic N) is 2. The Kier molecular flexibility index (Phi) is 5.00. The molecule has 3 rings (SSSR count). The Hall–Kier alpha value is -2.54. The first kappa shape index (κ1) is 16.3. The summed E-state index contributed by atoms with van der Waals surface area (Å²) in [6.45, 7) is 3.65. The fourth-order valence-electron chi connectivity index (χ4n) is 2.62. The summed E-state index contributed by atoms with van der Waals surface area (Å²) in [5.41, 5.74) is 0.738. The highest BCUT2D eigenvalue weighted by atomic mass is 19.1. The summed E-state index contributed by atoms with van der Waals surface area (Å²) in [4.78, 5) is 18.4. The smallest absolute Gasteiger partial charge is 0.230 e. The summed E-state index contributed by atoms with van der Waals surface area (Å²) in [5.74, 6) is -1.61. The number of rotatable bonds is 4. The van der Waals surface area contributed by atoms with Crippen molar-refractivity contribution in [3.8, 4) is 0 Å². The molecule has 1 aromatic carbocycles. The molecule has 1 saturated heterocycles. The molecule has 0 spiro atoms. The molecule has 0 saturated carbocycles. The van der Waals surface area contributed by atoms with Gasteiger partial charge >= 0.3 is 0 Å². The number of hydrogen-bond acceptors (Lipinski definition) is 4. The van der Waals surface area contributed by atoms with Crippen molar-refractivity contribution >= 4 is 17.4 Å². The Labute approximate surface area is 138 Å². The molecule has 1 amide bonds. The van der Waals surface area contributed by atoms with E-state index in [1.807, 2.05) is 6.07 Å². The molecule has 0 bridgehead atoms. The van der Waals surface area contributed by atoms with Crippen molar-refractivity contribution in [3.05, 3.63) is 53.7 Å². The fourth-order valence-corrected chi connectivity index (χ4v) is 2.62. The molecule has 0 aliphatic carbocycles. The fraction of sp³-hybridized carbons (Fsp3) is 0.294. The number of pyridine rings is 1. The largest absolute Gasteiger partial charge is 0.368 e. The van der Waals surface area contributed by atoms with Gasteiger partial charge in [-0.25, -0.2) is 13.8 Å². The van der Waals surface area contributed by atoms with Crippen LogP contribution in [0.3, 0.4) is 0 Å². The van der Waals surface area contributed by atoms with Crippen molar-refractivity contribution < 1.29 is 13.6 Å². The van der Waals surface area contributed by atoms with Crippen LogP contribution in [0, 0.1) is 11.6 Å². The number of aromatic nitrogens is 1. The third-order valence-electron chi connectivity index (χ3n) is 3.90. The van der Waals surface area contributed by atoms with Gasteiger partial charge in [0.2, 0.25) is 5.91 Å². The van der Waals surface area contributed by atoms with E-state index < -0.39 is 17.5 Å². The van der Waals surface area contributed by atoms with Crippen molar-refractivity contribution in [3.63, 3.8) is 0 Å². The maximum atomic E-state index is 13.6. The molecule has 0 radical (unpaired) electrons. The van der Waals surface area contributed by atoms with Crippen LogP contribution in [0.2, 0.25) is 0 Å². The highest BCUT2D eigenvalue weighted by Crippen LogP contribution is 2.17. The van der Waals surface area contributed by atoms with Crippen molar-refractivity contribution in [1.29, 1.82) is 0 Å². The van der Waals surface area contributed by atoms with E-state index in [-0.39, 0.29) is 12.0 Å². The van der Waals surface area contributed by atoms with E-state index in [2.05, 4.69) is 20.5 Å². The van der Waals surface area contributed by atoms with Crippen LogP contribution in [0.5, 0.6) is 0 Å². The Morgan fingerprint density at radius 3 is 2.50 bits per heavy atom. The Balaban J connectivity index is 1.62. The van der Waals surface area contributed by atoms with Crippen LogP contribution in [0.25, 0.3) is 0 Å².